The van der Waals surface area contributed by atoms with Crippen LogP contribution in [0.25, 0.3) is 0 Å². The van der Waals surface area contributed by atoms with Crippen molar-refractivity contribution in [3.05, 3.63) is 70.3 Å². The van der Waals surface area contributed by atoms with Gasteiger partial charge in [-0.3, -0.25) is 11.3 Å². The lowest BCUT2D eigenvalue weighted by Crippen LogP contribution is -2.30. The number of nitrogens with one attached hydrogen (secondary N) is 1. The van der Waals surface area contributed by atoms with Crippen LogP contribution in [-0.4, -0.2) is 0 Å². The number of halogens is 4. The first kappa shape index (κ1) is 15.5. The Morgan fingerprint density at radius 2 is 1.76 bits per heavy atom. The standard InChI is InChI=1S/C15H14F4N2/c1-8-5-10(13(18)7-12(8)17)14(21-20)6-9-3-2-4-11(16)15(9)19/h2-5,7,14,21H,6,20H2,1H3. The minimum atomic E-state index is -1.00. The lowest BCUT2D eigenvalue weighted by molar-refractivity contribution is 0.469. The molecule has 0 heterocycles. The molecule has 1 unspecified atom stereocenters. The molecule has 21 heavy (non-hydrogen) atoms. The number of hydrogen-bond donors (Lipinski definition) is 2. The smallest absolute Gasteiger partial charge is 0.162 e. The molecule has 6 heteroatoms. The van der Waals surface area contributed by atoms with Gasteiger partial charge in [-0.25, -0.2) is 17.6 Å². The van der Waals surface area contributed by atoms with Crippen LogP contribution in [-0.2, 0) is 6.42 Å². The van der Waals surface area contributed by atoms with Crippen molar-refractivity contribution in [2.24, 2.45) is 5.84 Å². The van der Waals surface area contributed by atoms with Gasteiger partial charge in [0, 0.05) is 11.6 Å². The molecule has 112 valence electrons. The Hall–Kier alpha value is -1.92. The molecule has 2 aromatic carbocycles. The molecule has 0 spiro atoms. The number of rotatable bonds is 4. The predicted molar refractivity (Wildman–Crippen MR) is 71.2 cm³/mol. The highest BCUT2D eigenvalue weighted by Crippen LogP contribution is 2.25. The van der Waals surface area contributed by atoms with Gasteiger partial charge in [-0.2, -0.15) is 0 Å². The van der Waals surface area contributed by atoms with Crippen LogP contribution in [0.15, 0.2) is 30.3 Å². The van der Waals surface area contributed by atoms with Crippen LogP contribution >= 0.6 is 0 Å². The van der Waals surface area contributed by atoms with E-state index in [1.807, 2.05) is 0 Å². The van der Waals surface area contributed by atoms with Crippen molar-refractivity contribution in [3.8, 4) is 0 Å². The molecule has 0 aromatic heterocycles. The predicted octanol–water partition coefficient (Wildman–Crippen LogP) is 3.30. The van der Waals surface area contributed by atoms with Gasteiger partial charge >= 0.3 is 0 Å². The van der Waals surface area contributed by atoms with E-state index in [4.69, 9.17) is 5.84 Å². The Labute approximate surface area is 119 Å². The summed E-state index contributed by atoms with van der Waals surface area (Å²) in [5.41, 5.74) is 2.74. The van der Waals surface area contributed by atoms with E-state index in [-0.39, 0.29) is 23.1 Å². The molecule has 2 aromatic rings. The van der Waals surface area contributed by atoms with E-state index >= 15 is 0 Å². The van der Waals surface area contributed by atoms with E-state index in [9.17, 15) is 17.6 Å². The van der Waals surface area contributed by atoms with Gasteiger partial charge in [0.1, 0.15) is 11.6 Å². The second kappa shape index (κ2) is 6.24. The van der Waals surface area contributed by atoms with Gasteiger partial charge < -0.3 is 0 Å². The normalized spacial score (nSPS) is 12.5. The van der Waals surface area contributed by atoms with E-state index in [2.05, 4.69) is 5.43 Å². The maximum absolute atomic E-state index is 13.8. The van der Waals surface area contributed by atoms with Crippen LogP contribution in [0.2, 0.25) is 0 Å². The minimum absolute atomic E-state index is 0.0549. The fourth-order valence-electron chi connectivity index (χ4n) is 2.13. The number of hydrogen-bond acceptors (Lipinski definition) is 2. The molecule has 0 fully saturated rings. The van der Waals surface area contributed by atoms with Crippen molar-refractivity contribution in [3.63, 3.8) is 0 Å². The summed E-state index contributed by atoms with van der Waals surface area (Å²) in [5, 5.41) is 0. The average molecular weight is 298 g/mol. The van der Waals surface area contributed by atoms with Crippen LogP contribution in [0.1, 0.15) is 22.7 Å². The lowest BCUT2D eigenvalue weighted by Gasteiger charge is -2.18. The molecule has 0 saturated heterocycles. The van der Waals surface area contributed by atoms with Crippen molar-refractivity contribution in [1.82, 2.24) is 5.43 Å². The van der Waals surface area contributed by atoms with Gasteiger partial charge in [0.2, 0.25) is 0 Å². The maximum atomic E-state index is 13.8. The Morgan fingerprint density at radius 1 is 1.05 bits per heavy atom. The van der Waals surface area contributed by atoms with Gasteiger partial charge in [-0.1, -0.05) is 12.1 Å². The van der Waals surface area contributed by atoms with Crippen LogP contribution in [0.3, 0.4) is 0 Å². The topological polar surface area (TPSA) is 38.0 Å². The van der Waals surface area contributed by atoms with Gasteiger partial charge in [0.15, 0.2) is 11.6 Å². The number of nitrogens with two attached hydrogens (primary N) is 1. The van der Waals surface area contributed by atoms with Gasteiger partial charge in [0.25, 0.3) is 0 Å². The highest BCUT2D eigenvalue weighted by atomic mass is 19.2. The molecule has 0 radical (unpaired) electrons. The monoisotopic (exact) mass is 298 g/mol. The molecular weight excluding hydrogens is 284 g/mol. The van der Waals surface area contributed by atoms with Crippen molar-refractivity contribution in [2.45, 2.75) is 19.4 Å². The Morgan fingerprint density at radius 3 is 2.43 bits per heavy atom. The number of aryl methyl sites for hydroxylation is 1. The summed E-state index contributed by atoms with van der Waals surface area (Å²) in [5.74, 6) is 1.91. The molecule has 0 amide bonds. The third kappa shape index (κ3) is 3.22. The molecule has 1 atom stereocenters. The zero-order valence-corrected chi connectivity index (χ0v) is 11.3. The average Bonchev–Trinajstić information content (AvgIpc) is 2.45. The van der Waals surface area contributed by atoms with E-state index < -0.39 is 29.3 Å². The fraction of sp³-hybridized carbons (Fsp3) is 0.200. The lowest BCUT2D eigenvalue weighted by atomic mass is 9.97. The van der Waals surface area contributed by atoms with Gasteiger partial charge in [0.05, 0.1) is 6.04 Å². The summed E-state index contributed by atoms with van der Waals surface area (Å²) >= 11 is 0. The van der Waals surface area contributed by atoms with Crippen LogP contribution < -0.4 is 11.3 Å². The Kier molecular flexibility index (Phi) is 4.59. The molecule has 0 aliphatic rings. The number of hydrazine groups is 1. The highest BCUT2D eigenvalue weighted by Gasteiger charge is 2.19. The maximum Gasteiger partial charge on any atom is 0.162 e. The van der Waals surface area contributed by atoms with Crippen LogP contribution in [0, 0.1) is 30.2 Å². The summed E-state index contributed by atoms with van der Waals surface area (Å²) < 4.78 is 54.0. The van der Waals surface area contributed by atoms with Crippen LogP contribution in [0.4, 0.5) is 17.6 Å². The quantitative estimate of drug-likeness (QED) is 0.516. The summed E-state index contributed by atoms with van der Waals surface area (Å²) in [4.78, 5) is 0. The fourth-order valence-corrected chi connectivity index (χ4v) is 2.13. The Bertz CT molecular complexity index is 658. The summed E-state index contributed by atoms with van der Waals surface area (Å²) in [6.45, 7) is 1.48. The summed E-state index contributed by atoms with van der Waals surface area (Å²) in [7, 11) is 0. The molecule has 0 aliphatic carbocycles. The molecule has 2 nitrogen and oxygen atoms in total. The SMILES string of the molecule is Cc1cc(C(Cc2cccc(F)c2F)NN)c(F)cc1F. The minimum Gasteiger partial charge on any atom is -0.271 e. The first-order chi connectivity index (χ1) is 9.93. The van der Waals surface area contributed by atoms with E-state index in [0.717, 1.165) is 12.1 Å². The van der Waals surface area contributed by atoms with E-state index in [0.29, 0.717) is 0 Å². The van der Waals surface area contributed by atoms with E-state index in [1.54, 1.807) is 0 Å². The van der Waals surface area contributed by atoms with Crippen molar-refractivity contribution >= 4 is 0 Å². The largest absolute Gasteiger partial charge is 0.271 e. The van der Waals surface area contributed by atoms with Gasteiger partial charge in [-0.15, -0.1) is 0 Å². The van der Waals surface area contributed by atoms with Crippen molar-refractivity contribution in [2.75, 3.05) is 0 Å². The first-order valence-corrected chi connectivity index (χ1v) is 6.28. The first-order valence-electron chi connectivity index (χ1n) is 6.28. The van der Waals surface area contributed by atoms with Gasteiger partial charge in [-0.05, 0) is 36.6 Å². The zero-order valence-electron chi connectivity index (χ0n) is 11.3. The Balaban J connectivity index is 2.37. The molecule has 0 aliphatic heterocycles. The van der Waals surface area contributed by atoms with E-state index in [1.165, 1.54) is 25.1 Å². The van der Waals surface area contributed by atoms with Crippen molar-refractivity contribution in [1.29, 1.82) is 0 Å². The third-order valence-corrected chi connectivity index (χ3v) is 3.31. The second-order valence-corrected chi connectivity index (χ2v) is 4.76. The van der Waals surface area contributed by atoms with Crippen LogP contribution in [0.5, 0.6) is 0 Å². The molecule has 0 bridgehead atoms. The highest BCUT2D eigenvalue weighted by molar-refractivity contribution is 5.30. The number of benzene rings is 2. The molecule has 2 rings (SSSR count). The molecular formula is C15H14F4N2. The molecule has 3 N–H and O–H groups in total. The summed E-state index contributed by atoms with van der Waals surface area (Å²) in [6, 6.07) is 4.97. The molecule has 0 saturated carbocycles. The second-order valence-electron chi connectivity index (χ2n) is 4.76. The zero-order chi connectivity index (χ0) is 15.6. The van der Waals surface area contributed by atoms with Crippen molar-refractivity contribution < 1.29 is 17.6 Å². The third-order valence-electron chi connectivity index (χ3n) is 3.31. The summed E-state index contributed by atoms with van der Waals surface area (Å²) in [6.07, 6.45) is -0.0674.